The van der Waals surface area contributed by atoms with Crippen LogP contribution in [0.1, 0.15) is 19.4 Å². The first-order valence-corrected chi connectivity index (χ1v) is 6.55. The van der Waals surface area contributed by atoms with E-state index < -0.39 is 17.8 Å². The second kappa shape index (κ2) is 6.41. The number of hydrogen-bond donors (Lipinski definition) is 2. The van der Waals surface area contributed by atoms with Crippen LogP contribution in [0.4, 0.5) is 11.4 Å². The number of carbonyl (C=O) groups is 2. The van der Waals surface area contributed by atoms with E-state index in [-0.39, 0.29) is 5.91 Å². The Bertz CT molecular complexity index is 512. The van der Waals surface area contributed by atoms with Crippen LogP contribution in [-0.4, -0.2) is 31.1 Å². The maximum atomic E-state index is 12.0. The van der Waals surface area contributed by atoms with E-state index in [9.17, 15) is 9.59 Å². The second-order valence-electron chi connectivity index (χ2n) is 5.30. The van der Waals surface area contributed by atoms with Crippen LogP contribution in [0.5, 0.6) is 0 Å². The van der Waals surface area contributed by atoms with Crippen molar-refractivity contribution in [2.75, 3.05) is 24.3 Å². The molecule has 0 aliphatic heterocycles. The van der Waals surface area contributed by atoms with E-state index in [1.165, 1.54) is 6.92 Å². The number of anilines is 2. The lowest BCUT2D eigenvalue weighted by molar-refractivity contribution is -0.145. The third kappa shape index (κ3) is 3.73. The van der Waals surface area contributed by atoms with Gasteiger partial charge >= 0.3 is 5.97 Å². The molecule has 0 aliphatic carbocycles. The van der Waals surface area contributed by atoms with Crippen molar-refractivity contribution in [1.82, 2.24) is 0 Å². The lowest BCUT2D eigenvalue weighted by atomic mass is 9.95. The molecule has 1 aromatic carbocycles. The van der Waals surface area contributed by atoms with Crippen LogP contribution < -0.4 is 10.2 Å². The highest BCUT2D eigenvalue weighted by atomic mass is 16.4. The van der Waals surface area contributed by atoms with Crippen LogP contribution in [0.3, 0.4) is 0 Å². The lowest BCUT2D eigenvalue weighted by Gasteiger charge is -2.19. The van der Waals surface area contributed by atoms with Crippen molar-refractivity contribution in [3.63, 3.8) is 0 Å². The van der Waals surface area contributed by atoms with E-state index in [0.717, 1.165) is 11.3 Å². The van der Waals surface area contributed by atoms with Crippen molar-refractivity contribution >= 4 is 23.3 Å². The summed E-state index contributed by atoms with van der Waals surface area (Å²) in [5.74, 6) is -2.55. The third-order valence-electron chi connectivity index (χ3n) is 3.51. The average molecular weight is 278 g/mol. The van der Waals surface area contributed by atoms with Gasteiger partial charge in [0.15, 0.2) is 0 Å². The van der Waals surface area contributed by atoms with Crippen molar-refractivity contribution in [2.24, 2.45) is 11.8 Å². The molecule has 0 heterocycles. The zero-order valence-electron chi connectivity index (χ0n) is 12.6. The summed E-state index contributed by atoms with van der Waals surface area (Å²) in [4.78, 5) is 24.9. The SMILES string of the molecule is Cc1ccc(NC(=O)C(C)C(C)C(=O)O)cc1N(C)C. The Morgan fingerprint density at radius 2 is 1.80 bits per heavy atom. The van der Waals surface area contributed by atoms with Crippen molar-refractivity contribution in [3.8, 4) is 0 Å². The molecule has 1 aromatic rings. The Morgan fingerprint density at radius 3 is 2.30 bits per heavy atom. The molecule has 2 N–H and O–H groups in total. The van der Waals surface area contributed by atoms with Crippen molar-refractivity contribution in [2.45, 2.75) is 20.8 Å². The van der Waals surface area contributed by atoms with E-state index in [4.69, 9.17) is 5.11 Å². The normalized spacial score (nSPS) is 13.4. The lowest BCUT2D eigenvalue weighted by Crippen LogP contribution is -2.30. The first-order chi connectivity index (χ1) is 9.23. The minimum atomic E-state index is -0.967. The van der Waals surface area contributed by atoms with E-state index in [1.54, 1.807) is 6.92 Å². The van der Waals surface area contributed by atoms with Gasteiger partial charge in [-0.2, -0.15) is 0 Å². The van der Waals surface area contributed by atoms with Gasteiger partial charge in [0.1, 0.15) is 0 Å². The molecule has 0 aromatic heterocycles. The molecule has 20 heavy (non-hydrogen) atoms. The number of aliphatic carboxylic acids is 1. The number of carboxylic acid groups (broad SMARTS) is 1. The van der Waals surface area contributed by atoms with Gasteiger partial charge in [0, 0.05) is 31.4 Å². The molecule has 0 spiro atoms. The highest BCUT2D eigenvalue weighted by Crippen LogP contribution is 2.23. The van der Waals surface area contributed by atoms with Gasteiger partial charge in [-0.25, -0.2) is 0 Å². The zero-order valence-corrected chi connectivity index (χ0v) is 12.6. The summed E-state index contributed by atoms with van der Waals surface area (Å²) in [6.07, 6.45) is 0. The standard InChI is InChI=1S/C15H22N2O3/c1-9-6-7-12(8-13(9)17(4)5)16-14(18)10(2)11(3)15(19)20/h6-8,10-11H,1-5H3,(H,16,18)(H,19,20). The Balaban J connectivity index is 2.86. The van der Waals surface area contributed by atoms with Gasteiger partial charge in [0.2, 0.25) is 5.91 Å². The molecule has 1 rings (SSSR count). The zero-order chi connectivity index (χ0) is 15.4. The molecule has 2 atom stereocenters. The minimum Gasteiger partial charge on any atom is -0.481 e. The fraction of sp³-hybridized carbons (Fsp3) is 0.467. The Labute approximate surface area is 119 Å². The number of rotatable bonds is 5. The summed E-state index contributed by atoms with van der Waals surface area (Å²) in [5, 5.41) is 11.7. The fourth-order valence-corrected chi connectivity index (χ4v) is 1.87. The number of nitrogens with one attached hydrogen (secondary N) is 1. The molecule has 5 nitrogen and oxygen atoms in total. The number of carboxylic acids is 1. The predicted molar refractivity (Wildman–Crippen MR) is 80.1 cm³/mol. The summed E-state index contributed by atoms with van der Waals surface area (Å²) in [5.41, 5.74) is 2.80. The summed E-state index contributed by atoms with van der Waals surface area (Å²) in [6, 6.07) is 5.63. The minimum absolute atomic E-state index is 0.284. The van der Waals surface area contributed by atoms with Crippen LogP contribution in [0.2, 0.25) is 0 Å². The summed E-state index contributed by atoms with van der Waals surface area (Å²) in [6.45, 7) is 5.15. The monoisotopic (exact) mass is 278 g/mol. The number of amides is 1. The summed E-state index contributed by atoms with van der Waals surface area (Å²) >= 11 is 0. The third-order valence-corrected chi connectivity index (χ3v) is 3.51. The molecular formula is C15H22N2O3. The summed E-state index contributed by atoms with van der Waals surface area (Å²) < 4.78 is 0. The number of aryl methyl sites for hydroxylation is 1. The smallest absolute Gasteiger partial charge is 0.307 e. The first-order valence-electron chi connectivity index (χ1n) is 6.55. The van der Waals surface area contributed by atoms with E-state index >= 15 is 0 Å². The van der Waals surface area contributed by atoms with Gasteiger partial charge in [-0.3, -0.25) is 9.59 Å². The Hall–Kier alpha value is -2.04. The Kier molecular flexibility index (Phi) is 5.13. The molecule has 0 saturated heterocycles. The molecule has 0 saturated carbocycles. The molecule has 0 aliphatic rings. The van der Waals surface area contributed by atoms with Gasteiger partial charge < -0.3 is 15.3 Å². The Morgan fingerprint density at radius 1 is 1.20 bits per heavy atom. The molecular weight excluding hydrogens is 256 g/mol. The number of benzene rings is 1. The number of carbonyl (C=O) groups excluding carboxylic acids is 1. The largest absolute Gasteiger partial charge is 0.481 e. The molecule has 110 valence electrons. The first kappa shape index (κ1) is 16.0. The van der Waals surface area contributed by atoms with Crippen LogP contribution in [0.15, 0.2) is 18.2 Å². The fourth-order valence-electron chi connectivity index (χ4n) is 1.87. The van der Waals surface area contributed by atoms with Crippen LogP contribution in [0, 0.1) is 18.8 Å². The highest BCUT2D eigenvalue weighted by Gasteiger charge is 2.25. The van der Waals surface area contributed by atoms with Crippen LogP contribution >= 0.6 is 0 Å². The van der Waals surface area contributed by atoms with Crippen LogP contribution in [0.25, 0.3) is 0 Å². The molecule has 5 heteroatoms. The molecule has 0 bridgehead atoms. The van der Waals surface area contributed by atoms with E-state index in [1.807, 2.05) is 44.1 Å². The molecule has 2 unspecified atom stereocenters. The van der Waals surface area contributed by atoms with Crippen LogP contribution in [-0.2, 0) is 9.59 Å². The van der Waals surface area contributed by atoms with E-state index in [2.05, 4.69) is 5.32 Å². The van der Waals surface area contributed by atoms with Crippen molar-refractivity contribution in [1.29, 1.82) is 0 Å². The number of hydrogen-bond acceptors (Lipinski definition) is 3. The highest BCUT2D eigenvalue weighted by molar-refractivity contribution is 5.95. The molecule has 0 radical (unpaired) electrons. The second-order valence-corrected chi connectivity index (χ2v) is 5.30. The van der Waals surface area contributed by atoms with Crippen molar-refractivity contribution < 1.29 is 14.7 Å². The number of nitrogens with zero attached hydrogens (tertiary/aromatic N) is 1. The van der Waals surface area contributed by atoms with Gasteiger partial charge in [0.25, 0.3) is 0 Å². The maximum absolute atomic E-state index is 12.0. The van der Waals surface area contributed by atoms with Gasteiger partial charge in [-0.05, 0) is 24.6 Å². The van der Waals surface area contributed by atoms with Gasteiger partial charge in [-0.1, -0.05) is 19.9 Å². The van der Waals surface area contributed by atoms with Gasteiger partial charge in [0.05, 0.1) is 5.92 Å². The van der Waals surface area contributed by atoms with Gasteiger partial charge in [-0.15, -0.1) is 0 Å². The van der Waals surface area contributed by atoms with E-state index in [0.29, 0.717) is 5.69 Å². The maximum Gasteiger partial charge on any atom is 0.307 e. The molecule has 1 amide bonds. The predicted octanol–water partition coefficient (Wildman–Crippen LogP) is 2.36. The molecule has 0 fully saturated rings. The summed E-state index contributed by atoms with van der Waals surface area (Å²) in [7, 11) is 3.87. The quantitative estimate of drug-likeness (QED) is 0.867. The van der Waals surface area contributed by atoms with Crippen molar-refractivity contribution in [3.05, 3.63) is 23.8 Å². The average Bonchev–Trinajstić information content (AvgIpc) is 2.38. The topological polar surface area (TPSA) is 69.6 Å².